The Morgan fingerprint density at radius 2 is 2.08 bits per heavy atom. The molecule has 3 aromatic rings. The maximum atomic E-state index is 12.1. The highest BCUT2D eigenvalue weighted by molar-refractivity contribution is 7.97. The topological polar surface area (TPSA) is 55.1 Å². The molecule has 0 aliphatic heterocycles. The first-order valence-corrected chi connectivity index (χ1v) is 9.62. The molecule has 3 rings (SSSR count). The first kappa shape index (κ1) is 16.8. The Bertz CT molecular complexity index is 780. The van der Waals surface area contributed by atoms with Crippen LogP contribution in [0, 0.1) is 6.92 Å². The summed E-state index contributed by atoms with van der Waals surface area (Å²) < 4.78 is 5.30. The van der Waals surface area contributed by atoms with Crippen LogP contribution in [0.5, 0.6) is 0 Å². The average molecular weight is 358 g/mol. The normalized spacial score (nSPS) is 10.7. The highest BCUT2D eigenvalue weighted by Gasteiger charge is 2.09. The van der Waals surface area contributed by atoms with Crippen molar-refractivity contribution in [2.45, 2.75) is 24.9 Å². The molecule has 24 heavy (non-hydrogen) atoms. The van der Waals surface area contributed by atoms with Crippen molar-refractivity contribution in [1.82, 2.24) is 4.98 Å². The van der Waals surface area contributed by atoms with Crippen LogP contribution in [0.15, 0.2) is 52.5 Å². The smallest absolute Gasteiger partial charge is 0.231 e. The molecule has 0 spiro atoms. The van der Waals surface area contributed by atoms with E-state index in [1.54, 1.807) is 18.0 Å². The summed E-state index contributed by atoms with van der Waals surface area (Å²) in [5.74, 6) is 2.57. The summed E-state index contributed by atoms with van der Waals surface area (Å²) in [7, 11) is 0. The van der Waals surface area contributed by atoms with E-state index in [0.29, 0.717) is 6.42 Å². The van der Waals surface area contributed by atoms with Gasteiger partial charge in [-0.05, 0) is 31.2 Å². The van der Waals surface area contributed by atoms with Crippen LogP contribution < -0.4 is 5.32 Å². The number of benzene rings is 1. The fraction of sp³-hybridized carbons (Fsp3) is 0.222. The summed E-state index contributed by atoms with van der Waals surface area (Å²) in [4.78, 5) is 16.6. The number of aryl methyl sites for hydroxylation is 1. The molecule has 0 bridgehead atoms. The molecule has 0 aliphatic carbocycles. The Hall–Kier alpha value is -2.05. The fourth-order valence-corrected chi connectivity index (χ4v) is 3.85. The quantitative estimate of drug-likeness (QED) is 0.667. The summed E-state index contributed by atoms with van der Waals surface area (Å²) in [5.41, 5.74) is 3.00. The summed E-state index contributed by atoms with van der Waals surface area (Å²) in [5, 5.41) is 5.76. The number of hydrogen-bond donors (Lipinski definition) is 1. The molecule has 0 saturated heterocycles. The van der Waals surface area contributed by atoms with Crippen LogP contribution in [0.4, 0.5) is 5.69 Å². The molecule has 0 aliphatic rings. The number of hydrogen-bond acceptors (Lipinski definition) is 5. The van der Waals surface area contributed by atoms with Crippen LogP contribution in [-0.2, 0) is 22.7 Å². The number of furan rings is 1. The third kappa shape index (κ3) is 4.97. The van der Waals surface area contributed by atoms with E-state index in [-0.39, 0.29) is 5.91 Å². The number of nitrogens with one attached hydrogen (secondary N) is 1. The number of carbonyl (C=O) groups is 1. The van der Waals surface area contributed by atoms with Crippen molar-refractivity contribution < 1.29 is 9.21 Å². The van der Waals surface area contributed by atoms with E-state index in [2.05, 4.69) is 10.3 Å². The Labute approximate surface area is 149 Å². The molecular formula is C18H18N2O2S2. The highest BCUT2D eigenvalue weighted by atomic mass is 32.2. The van der Waals surface area contributed by atoms with E-state index < -0.39 is 0 Å². The molecule has 1 N–H and O–H groups in total. The van der Waals surface area contributed by atoms with Gasteiger partial charge in [-0.2, -0.15) is 0 Å². The average Bonchev–Trinajstić information content (AvgIpc) is 3.22. The Balaban J connectivity index is 1.46. The van der Waals surface area contributed by atoms with Gasteiger partial charge in [0, 0.05) is 16.8 Å². The van der Waals surface area contributed by atoms with E-state index >= 15 is 0 Å². The van der Waals surface area contributed by atoms with Crippen molar-refractivity contribution in [2.75, 3.05) is 5.32 Å². The molecule has 0 saturated carbocycles. The molecular weight excluding hydrogens is 340 g/mol. The van der Waals surface area contributed by atoms with Gasteiger partial charge in [0.25, 0.3) is 0 Å². The molecule has 1 aromatic carbocycles. The van der Waals surface area contributed by atoms with Crippen LogP contribution in [0.1, 0.15) is 22.0 Å². The Morgan fingerprint density at radius 3 is 2.83 bits per heavy atom. The second-order valence-electron chi connectivity index (χ2n) is 5.40. The predicted octanol–water partition coefficient (Wildman–Crippen LogP) is 4.66. The van der Waals surface area contributed by atoms with Gasteiger partial charge in [0.05, 0.1) is 24.1 Å². The van der Waals surface area contributed by atoms with E-state index in [9.17, 15) is 4.79 Å². The predicted molar refractivity (Wildman–Crippen MR) is 99.3 cm³/mol. The molecule has 124 valence electrons. The lowest BCUT2D eigenvalue weighted by Gasteiger charge is -2.04. The minimum Gasteiger partial charge on any atom is -0.468 e. The van der Waals surface area contributed by atoms with Gasteiger partial charge in [-0.25, -0.2) is 4.98 Å². The fourth-order valence-electron chi connectivity index (χ4n) is 2.13. The lowest BCUT2D eigenvalue weighted by molar-refractivity contribution is -0.115. The lowest BCUT2D eigenvalue weighted by atomic mass is 10.2. The Morgan fingerprint density at radius 1 is 1.25 bits per heavy atom. The second-order valence-corrected chi connectivity index (χ2v) is 7.32. The molecule has 0 atom stereocenters. The number of anilines is 1. The van der Waals surface area contributed by atoms with Gasteiger partial charge in [-0.15, -0.1) is 23.1 Å². The van der Waals surface area contributed by atoms with Gasteiger partial charge < -0.3 is 9.73 Å². The molecule has 0 radical (unpaired) electrons. The molecule has 6 heteroatoms. The molecule has 1 amide bonds. The first-order chi connectivity index (χ1) is 11.7. The lowest BCUT2D eigenvalue weighted by Crippen LogP contribution is -2.14. The first-order valence-electron chi connectivity index (χ1n) is 7.59. The molecule has 0 unspecified atom stereocenters. The SMILES string of the molecule is Cc1ccc(NC(=O)Cc2nc(CSCc3ccco3)cs2)cc1. The maximum absolute atomic E-state index is 12.1. The molecule has 2 aromatic heterocycles. The van der Waals surface area contributed by atoms with Gasteiger partial charge >= 0.3 is 0 Å². The molecule has 0 fully saturated rings. The number of nitrogens with zero attached hydrogens (tertiary/aromatic N) is 1. The van der Waals surface area contributed by atoms with Gasteiger partial charge in [0.1, 0.15) is 10.8 Å². The third-order valence-corrected chi connectivity index (χ3v) is 5.21. The number of amides is 1. The number of carbonyl (C=O) groups excluding carboxylic acids is 1. The van der Waals surface area contributed by atoms with Gasteiger partial charge in [-0.3, -0.25) is 4.79 Å². The monoisotopic (exact) mass is 358 g/mol. The number of thiazole rings is 1. The summed E-state index contributed by atoms with van der Waals surface area (Å²) >= 11 is 3.28. The van der Waals surface area contributed by atoms with Crippen LogP contribution in [0.3, 0.4) is 0 Å². The van der Waals surface area contributed by atoms with Crippen molar-refractivity contribution in [3.8, 4) is 0 Å². The standard InChI is InChI=1S/C18H18N2O2S2/c1-13-4-6-14(7-5-13)19-17(21)9-18-20-15(11-24-18)10-23-12-16-3-2-8-22-16/h2-8,11H,9-10,12H2,1H3,(H,19,21). The largest absolute Gasteiger partial charge is 0.468 e. The van der Waals surface area contributed by atoms with Crippen molar-refractivity contribution >= 4 is 34.7 Å². The van der Waals surface area contributed by atoms with Crippen molar-refractivity contribution in [3.05, 3.63) is 70.1 Å². The molecule has 4 nitrogen and oxygen atoms in total. The van der Waals surface area contributed by atoms with Crippen molar-refractivity contribution in [1.29, 1.82) is 0 Å². The van der Waals surface area contributed by atoms with E-state index in [0.717, 1.165) is 33.7 Å². The highest BCUT2D eigenvalue weighted by Crippen LogP contribution is 2.20. The van der Waals surface area contributed by atoms with Gasteiger partial charge in [0.2, 0.25) is 5.91 Å². The third-order valence-electron chi connectivity index (χ3n) is 3.32. The zero-order valence-electron chi connectivity index (χ0n) is 13.3. The summed E-state index contributed by atoms with van der Waals surface area (Å²) in [6.45, 7) is 2.02. The minimum absolute atomic E-state index is 0.0389. The van der Waals surface area contributed by atoms with Crippen molar-refractivity contribution in [3.63, 3.8) is 0 Å². The van der Waals surface area contributed by atoms with Crippen LogP contribution in [0.2, 0.25) is 0 Å². The number of rotatable bonds is 7. The van der Waals surface area contributed by atoms with Crippen LogP contribution in [0.25, 0.3) is 0 Å². The summed E-state index contributed by atoms with van der Waals surface area (Å²) in [6.07, 6.45) is 1.99. The van der Waals surface area contributed by atoms with Crippen molar-refractivity contribution in [2.24, 2.45) is 0 Å². The van der Waals surface area contributed by atoms with E-state index in [4.69, 9.17) is 4.42 Å². The second kappa shape index (κ2) is 8.17. The number of thioether (sulfide) groups is 1. The van der Waals surface area contributed by atoms with E-state index in [1.165, 1.54) is 16.9 Å². The molecule has 2 heterocycles. The van der Waals surface area contributed by atoms with Crippen LogP contribution >= 0.6 is 23.1 Å². The zero-order chi connectivity index (χ0) is 16.8. The maximum Gasteiger partial charge on any atom is 0.231 e. The zero-order valence-corrected chi connectivity index (χ0v) is 15.0. The number of aromatic nitrogens is 1. The van der Waals surface area contributed by atoms with Gasteiger partial charge in [-0.1, -0.05) is 17.7 Å². The van der Waals surface area contributed by atoms with Gasteiger partial charge in [0.15, 0.2) is 0 Å². The minimum atomic E-state index is -0.0389. The van der Waals surface area contributed by atoms with Crippen LogP contribution in [-0.4, -0.2) is 10.9 Å². The Kier molecular flexibility index (Phi) is 5.72. The summed E-state index contributed by atoms with van der Waals surface area (Å²) in [6, 6.07) is 11.6. The van der Waals surface area contributed by atoms with E-state index in [1.807, 2.05) is 48.7 Å².